The van der Waals surface area contributed by atoms with E-state index >= 15 is 0 Å². The number of hydrogen-bond acceptors (Lipinski definition) is 3. The average Bonchev–Trinajstić information content (AvgIpc) is 3.00. The summed E-state index contributed by atoms with van der Waals surface area (Å²) in [6.07, 6.45) is 4.24. The highest BCUT2D eigenvalue weighted by atomic mass is 32.2. The van der Waals surface area contributed by atoms with Gasteiger partial charge in [-0.15, -0.1) is 11.8 Å². The average molecular weight is 425 g/mol. The van der Waals surface area contributed by atoms with Crippen LogP contribution in [0.2, 0.25) is 0 Å². The summed E-state index contributed by atoms with van der Waals surface area (Å²) in [5.41, 5.74) is 3.97. The third kappa shape index (κ3) is 5.38. The van der Waals surface area contributed by atoms with E-state index in [1.54, 1.807) is 7.11 Å². The van der Waals surface area contributed by atoms with Gasteiger partial charge in [-0.3, -0.25) is 0 Å². The highest BCUT2D eigenvalue weighted by Gasteiger charge is 2.28. The molecule has 4 rings (SSSR count). The molecule has 0 aromatic heterocycles. The van der Waals surface area contributed by atoms with E-state index in [0.29, 0.717) is 12.5 Å². The van der Waals surface area contributed by atoms with E-state index in [0.717, 1.165) is 57.7 Å². The number of thioether (sulfide) groups is 1. The maximum atomic E-state index is 13.3. The van der Waals surface area contributed by atoms with Crippen LogP contribution in [-0.4, -0.2) is 54.9 Å². The molecule has 4 nitrogen and oxygen atoms in total. The van der Waals surface area contributed by atoms with Crippen molar-refractivity contribution >= 4 is 17.8 Å². The number of carbonyl (C=O) groups excluding carboxylic acids is 1. The number of piperidine rings is 1. The van der Waals surface area contributed by atoms with Gasteiger partial charge >= 0.3 is 6.03 Å². The molecule has 2 aliphatic heterocycles. The van der Waals surface area contributed by atoms with Crippen LogP contribution in [0.15, 0.2) is 53.4 Å². The van der Waals surface area contributed by atoms with Gasteiger partial charge in [0.05, 0.1) is 6.61 Å². The van der Waals surface area contributed by atoms with Crippen molar-refractivity contribution < 1.29 is 9.53 Å². The van der Waals surface area contributed by atoms with Crippen molar-refractivity contribution in [1.82, 2.24) is 9.80 Å². The van der Waals surface area contributed by atoms with Gasteiger partial charge in [0.15, 0.2) is 0 Å². The van der Waals surface area contributed by atoms with Crippen LogP contribution < -0.4 is 0 Å². The van der Waals surface area contributed by atoms with E-state index in [4.69, 9.17) is 4.74 Å². The number of ether oxygens (including phenoxy) is 1. The predicted molar refractivity (Wildman–Crippen MR) is 123 cm³/mol. The third-order valence-electron chi connectivity index (χ3n) is 6.22. The number of rotatable bonds is 5. The maximum absolute atomic E-state index is 13.3. The van der Waals surface area contributed by atoms with Gasteiger partial charge in [0, 0.05) is 43.9 Å². The van der Waals surface area contributed by atoms with Gasteiger partial charge in [0.1, 0.15) is 0 Å². The maximum Gasteiger partial charge on any atom is 0.320 e. The molecule has 1 saturated heterocycles. The molecular weight excluding hydrogens is 392 g/mol. The third-order valence-corrected chi connectivity index (χ3v) is 7.32. The van der Waals surface area contributed by atoms with Crippen LogP contribution in [0, 0.1) is 5.92 Å². The Hall–Kier alpha value is -1.98. The summed E-state index contributed by atoms with van der Waals surface area (Å²) in [6, 6.07) is 17.6. The number of benzene rings is 2. The summed E-state index contributed by atoms with van der Waals surface area (Å²) in [4.78, 5) is 18.7. The van der Waals surface area contributed by atoms with Crippen molar-refractivity contribution in [2.24, 2.45) is 5.92 Å². The highest BCUT2D eigenvalue weighted by Crippen LogP contribution is 2.30. The molecule has 2 amide bonds. The summed E-state index contributed by atoms with van der Waals surface area (Å²) >= 11 is 1.87. The summed E-state index contributed by atoms with van der Waals surface area (Å²) in [7, 11) is 1.74. The number of nitrogens with zero attached hydrogens (tertiary/aromatic N) is 2. The number of hydrogen-bond donors (Lipinski definition) is 0. The molecule has 0 atom stereocenters. The minimum Gasteiger partial charge on any atom is -0.384 e. The zero-order chi connectivity index (χ0) is 20.8. The van der Waals surface area contributed by atoms with Gasteiger partial charge in [-0.05, 0) is 54.4 Å². The van der Waals surface area contributed by atoms with E-state index in [1.165, 1.54) is 21.6 Å². The zero-order valence-electron chi connectivity index (χ0n) is 17.9. The Balaban J connectivity index is 1.34. The van der Waals surface area contributed by atoms with Crippen LogP contribution in [-0.2, 0) is 24.1 Å². The molecular formula is C25H32N2O2S. The number of fused-ring (bicyclic) bond motifs is 1. The molecule has 160 valence electrons. The lowest BCUT2D eigenvalue weighted by molar-refractivity contribution is 0.132. The van der Waals surface area contributed by atoms with Gasteiger partial charge in [-0.1, -0.05) is 42.5 Å². The number of likely N-dealkylation sites (tertiary alicyclic amines) is 1. The number of urea groups is 1. The van der Waals surface area contributed by atoms with Gasteiger partial charge in [0.25, 0.3) is 0 Å². The molecule has 0 N–H and O–H groups in total. The molecule has 2 aromatic carbocycles. The summed E-state index contributed by atoms with van der Waals surface area (Å²) in [5.74, 6) is 1.64. The minimum absolute atomic E-state index is 0.212. The van der Waals surface area contributed by atoms with Crippen LogP contribution in [0.1, 0.15) is 29.5 Å². The van der Waals surface area contributed by atoms with E-state index in [9.17, 15) is 4.79 Å². The van der Waals surface area contributed by atoms with E-state index in [1.807, 2.05) is 11.8 Å². The van der Waals surface area contributed by atoms with Crippen molar-refractivity contribution in [3.63, 3.8) is 0 Å². The second kappa shape index (κ2) is 10.4. The molecule has 0 spiro atoms. The molecule has 2 heterocycles. The normalized spacial score (nSPS) is 17.5. The lowest BCUT2D eigenvalue weighted by Gasteiger charge is -2.35. The second-order valence-electron chi connectivity index (χ2n) is 8.36. The fourth-order valence-electron chi connectivity index (χ4n) is 4.46. The highest BCUT2D eigenvalue weighted by molar-refractivity contribution is 7.99. The fourth-order valence-corrected chi connectivity index (χ4v) is 5.47. The first-order valence-corrected chi connectivity index (χ1v) is 12.0. The van der Waals surface area contributed by atoms with Crippen molar-refractivity contribution in [1.29, 1.82) is 0 Å². The van der Waals surface area contributed by atoms with E-state index < -0.39 is 0 Å². The Morgan fingerprint density at radius 3 is 2.60 bits per heavy atom. The molecule has 30 heavy (non-hydrogen) atoms. The van der Waals surface area contributed by atoms with Gasteiger partial charge in [0.2, 0.25) is 0 Å². The summed E-state index contributed by atoms with van der Waals surface area (Å²) in [5, 5.41) is 0. The molecule has 2 aromatic rings. The molecule has 1 fully saturated rings. The molecule has 5 heteroatoms. The first kappa shape index (κ1) is 21.3. The first-order valence-electron chi connectivity index (χ1n) is 11.0. The Labute approximate surface area is 184 Å². The standard InChI is InChI=1S/C25H32N2O2S/c1-29-15-11-21-7-8-24-23(18-21)19-27(14-16-30-24)25(28)26-12-9-22(10-13-26)17-20-5-3-2-4-6-20/h2-8,18,22H,9-17,19H2,1H3. The predicted octanol–water partition coefficient (Wildman–Crippen LogP) is 4.86. The van der Waals surface area contributed by atoms with Crippen molar-refractivity contribution in [2.75, 3.05) is 39.1 Å². The SMILES string of the molecule is COCCc1ccc2c(c1)CN(C(=O)N1CCC(Cc3ccccc3)CC1)CCS2. The van der Waals surface area contributed by atoms with Crippen molar-refractivity contribution in [2.45, 2.75) is 37.1 Å². The molecule has 0 unspecified atom stereocenters. The van der Waals surface area contributed by atoms with E-state index in [-0.39, 0.29) is 6.03 Å². The molecule has 0 bridgehead atoms. The minimum atomic E-state index is 0.212. The topological polar surface area (TPSA) is 32.8 Å². The molecule has 0 aliphatic carbocycles. The van der Waals surface area contributed by atoms with Crippen molar-refractivity contribution in [3.8, 4) is 0 Å². The Morgan fingerprint density at radius 2 is 1.83 bits per heavy atom. The Kier molecular flexibility index (Phi) is 7.34. The zero-order valence-corrected chi connectivity index (χ0v) is 18.7. The number of methoxy groups -OCH3 is 1. The van der Waals surface area contributed by atoms with Gasteiger partial charge in [-0.25, -0.2) is 4.79 Å². The quantitative estimate of drug-likeness (QED) is 0.687. The van der Waals surface area contributed by atoms with Crippen molar-refractivity contribution in [3.05, 3.63) is 65.2 Å². The monoisotopic (exact) mass is 424 g/mol. The summed E-state index contributed by atoms with van der Waals surface area (Å²) in [6.45, 7) is 4.01. The lowest BCUT2D eigenvalue weighted by Crippen LogP contribution is -2.47. The number of amides is 2. The first-order chi connectivity index (χ1) is 14.7. The van der Waals surface area contributed by atoms with Crippen LogP contribution in [0.4, 0.5) is 4.79 Å². The Bertz CT molecular complexity index is 834. The smallest absolute Gasteiger partial charge is 0.320 e. The van der Waals surface area contributed by atoms with Crippen LogP contribution in [0.25, 0.3) is 0 Å². The van der Waals surface area contributed by atoms with E-state index in [2.05, 4.69) is 58.3 Å². The van der Waals surface area contributed by atoms with Crippen LogP contribution in [0.3, 0.4) is 0 Å². The van der Waals surface area contributed by atoms with Crippen LogP contribution >= 0.6 is 11.8 Å². The number of carbonyl (C=O) groups is 1. The van der Waals surface area contributed by atoms with Gasteiger partial charge < -0.3 is 14.5 Å². The van der Waals surface area contributed by atoms with Crippen LogP contribution in [0.5, 0.6) is 0 Å². The Morgan fingerprint density at radius 1 is 1.03 bits per heavy atom. The fraction of sp³-hybridized carbons (Fsp3) is 0.480. The van der Waals surface area contributed by atoms with Gasteiger partial charge in [-0.2, -0.15) is 0 Å². The molecule has 0 saturated carbocycles. The molecule has 2 aliphatic rings. The summed E-state index contributed by atoms with van der Waals surface area (Å²) < 4.78 is 5.22. The largest absolute Gasteiger partial charge is 0.384 e. The lowest BCUT2D eigenvalue weighted by atomic mass is 9.90. The molecule has 0 radical (unpaired) electrons. The second-order valence-corrected chi connectivity index (χ2v) is 9.49.